The van der Waals surface area contributed by atoms with Gasteiger partial charge in [0.2, 0.25) is 0 Å². The summed E-state index contributed by atoms with van der Waals surface area (Å²) in [5.41, 5.74) is -1.67. The summed E-state index contributed by atoms with van der Waals surface area (Å²) in [6, 6.07) is 0. The summed E-state index contributed by atoms with van der Waals surface area (Å²) in [4.78, 5) is 11.8. The fraction of sp³-hybridized carbons (Fsp3) is 0.897. The molecule has 0 aromatic rings. The molecule has 6 rings (SSSR count). The second-order valence-corrected chi connectivity index (χ2v) is 13.7. The van der Waals surface area contributed by atoms with E-state index < -0.39 is 60.0 Å². The van der Waals surface area contributed by atoms with Crippen LogP contribution in [0.1, 0.15) is 71.6 Å². The number of rotatable bonds is 4. The van der Waals surface area contributed by atoms with Crippen LogP contribution in [0.15, 0.2) is 11.6 Å². The van der Waals surface area contributed by atoms with Gasteiger partial charge >= 0.3 is 5.97 Å². The molecule has 0 aromatic carbocycles. The van der Waals surface area contributed by atoms with Gasteiger partial charge in [0, 0.05) is 17.9 Å². The molecule has 0 spiro atoms. The number of hydrogen-bond donors (Lipinski definition) is 6. The number of esters is 1. The minimum Gasteiger partial charge on any atom is -0.458 e. The predicted octanol–water partition coefficient (Wildman–Crippen LogP) is 0.543. The second-order valence-electron chi connectivity index (χ2n) is 13.7. The topological polar surface area (TPSA) is 166 Å². The predicted molar refractivity (Wildman–Crippen MR) is 136 cm³/mol. The lowest BCUT2D eigenvalue weighted by Gasteiger charge is -2.66. The summed E-state index contributed by atoms with van der Waals surface area (Å²) >= 11 is 0. The zero-order valence-electron chi connectivity index (χ0n) is 22.9. The van der Waals surface area contributed by atoms with E-state index in [1.807, 2.05) is 0 Å². The SMILES string of the molecule is CC12CCC(OC3OC(CO)C(O)C(O)C3O)CC1(O)CCC1C2CCC2(C)C(C3=CC(=O)OC3)CCC12O. The molecule has 2 aliphatic heterocycles. The Labute approximate surface area is 229 Å². The van der Waals surface area contributed by atoms with Gasteiger partial charge in [-0.25, -0.2) is 4.79 Å². The molecule has 1 saturated heterocycles. The van der Waals surface area contributed by atoms with Gasteiger partial charge in [-0.05, 0) is 80.1 Å². The molecule has 13 atom stereocenters. The molecule has 220 valence electrons. The Kier molecular flexibility index (Phi) is 6.80. The van der Waals surface area contributed by atoms with E-state index in [1.54, 1.807) is 6.08 Å². The van der Waals surface area contributed by atoms with Crippen LogP contribution in [0.2, 0.25) is 0 Å². The minimum atomic E-state index is -1.51. The van der Waals surface area contributed by atoms with Gasteiger partial charge in [-0.1, -0.05) is 13.8 Å². The summed E-state index contributed by atoms with van der Waals surface area (Å²) in [6.07, 6.45) is 0.543. The van der Waals surface area contributed by atoms with Crippen LogP contribution in [0.3, 0.4) is 0 Å². The maximum absolute atomic E-state index is 12.4. The van der Waals surface area contributed by atoms with E-state index in [-0.39, 0.29) is 29.1 Å². The second kappa shape index (κ2) is 9.46. The Balaban J connectivity index is 1.19. The normalized spacial score (nSPS) is 55.3. The minimum absolute atomic E-state index is 0.0491. The van der Waals surface area contributed by atoms with E-state index in [4.69, 9.17) is 14.2 Å². The summed E-state index contributed by atoms with van der Waals surface area (Å²) in [7, 11) is 0. The number of cyclic esters (lactones) is 1. The van der Waals surface area contributed by atoms with Crippen molar-refractivity contribution in [2.24, 2.45) is 28.6 Å². The fourth-order valence-corrected chi connectivity index (χ4v) is 9.85. The van der Waals surface area contributed by atoms with E-state index in [0.717, 1.165) is 24.8 Å². The van der Waals surface area contributed by atoms with Crippen LogP contribution in [0.5, 0.6) is 0 Å². The zero-order valence-corrected chi connectivity index (χ0v) is 22.9. The molecule has 13 unspecified atom stereocenters. The van der Waals surface area contributed by atoms with Crippen molar-refractivity contribution in [2.45, 2.75) is 120 Å². The molecule has 4 saturated carbocycles. The highest BCUT2D eigenvalue weighted by Gasteiger charge is 2.70. The van der Waals surface area contributed by atoms with Crippen molar-refractivity contribution in [3.63, 3.8) is 0 Å². The van der Waals surface area contributed by atoms with E-state index >= 15 is 0 Å². The third-order valence-corrected chi connectivity index (χ3v) is 12.3. The van der Waals surface area contributed by atoms with E-state index in [0.29, 0.717) is 45.1 Å². The van der Waals surface area contributed by atoms with Crippen LogP contribution in [0, 0.1) is 28.6 Å². The standard InChI is InChI=1S/C29H44O10/c1-26-7-3-16(38-25-24(34)23(33)22(32)20(13-30)39-25)12-28(26,35)9-5-19-18(26)4-8-27(2)17(6-10-29(19,27)36)15-11-21(31)37-14-15/h11,16-20,22-25,30,32-36H,3-10,12-14H2,1-2H3. The molecule has 10 heteroatoms. The maximum atomic E-state index is 12.4. The number of aliphatic hydroxyl groups excluding tert-OH is 4. The molecule has 0 aromatic heterocycles. The van der Waals surface area contributed by atoms with E-state index in [9.17, 15) is 35.4 Å². The Hall–Kier alpha value is -1.11. The maximum Gasteiger partial charge on any atom is 0.331 e. The number of carbonyl (C=O) groups excluding carboxylic acids is 1. The molecular formula is C29H44O10. The highest BCUT2D eigenvalue weighted by atomic mass is 16.7. The lowest BCUT2D eigenvalue weighted by Crippen LogP contribution is -2.67. The van der Waals surface area contributed by atoms with Crippen LogP contribution in [-0.4, -0.2) is 97.8 Å². The number of aliphatic hydroxyl groups is 6. The zero-order chi connectivity index (χ0) is 28.0. The van der Waals surface area contributed by atoms with Crippen molar-refractivity contribution in [1.82, 2.24) is 0 Å². The highest BCUT2D eigenvalue weighted by molar-refractivity contribution is 5.85. The molecule has 0 amide bonds. The van der Waals surface area contributed by atoms with Crippen molar-refractivity contribution >= 4 is 5.97 Å². The van der Waals surface area contributed by atoms with Crippen molar-refractivity contribution in [3.05, 3.63) is 11.6 Å². The molecule has 4 aliphatic carbocycles. The molecular weight excluding hydrogens is 508 g/mol. The molecule has 5 fully saturated rings. The quantitative estimate of drug-likeness (QED) is 0.214. The fourth-order valence-electron chi connectivity index (χ4n) is 9.85. The molecule has 10 nitrogen and oxygen atoms in total. The first-order valence-electron chi connectivity index (χ1n) is 14.6. The van der Waals surface area contributed by atoms with Gasteiger partial charge in [0.15, 0.2) is 6.29 Å². The van der Waals surface area contributed by atoms with Crippen molar-refractivity contribution < 1.29 is 49.6 Å². The Bertz CT molecular complexity index is 1020. The first-order chi connectivity index (χ1) is 18.4. The summed E-state index contributed by atoms with van der Waals surface area (Å²) in [6.45, 7) is 4.12. The van der Waals surface area contributed by atoms with Crippen molar-refractivity contribution in [3.8, 4) is 0 Å². The van der Waals surface area contributed by atoms with Crippen molar-refractivity contribution in [1.29, 1.82) is 0 Å². The summed E-state index contributed by atoms with van der Waals surface area (Å²) in [5.74, 6) is 0.00615. The molecule has 0 bridgehead atoms. The van der Waals surface area contributed by atoms with Crippen LogP contribution >= 0.6 is 0 Å². The number of carbonyl (C=O) groups is 1. The molecule has 39 heavy (non-hydrogen) atoms. The van der Waals surface area contributed by atoms with Gasteiger partial charge in [0.25, 0.3) is 0 Å². The smallest absolute Gasteiger partial charge is 0.331 e. The Morgan fingerprint density at radius 2 is 1.64 bits per heavy atom. The number of hydrogen-bond acceptors (Lipinski definition) is 10. The number of fused-ring (bicyclic) bond motifs is 5. The largest absolute Gasteiger partial charge is 0.458 e. The number of ether oxygens (including phenoxy) is 3. The van der Waals surface area contributed by atoms with E-state index in [1.165, 1.54) is 0 Å². The Morgan fingerprint density at radius 3 is 2.33 bits per heavy atom. The van der Waals surface area contributed by atoms with Crippen LogP contribution in [0.25, 0.3) is 0 Å². The highest BCUT2D eigenvalue weighted by Crippen LogP contribution is 2.70. The average molecular weight is 553 g/mol. The van der Waals surface area contributed by atoms with Gasteiger partial charge in [0.1, 0.15) is 31.0 Å². The first kappa shape index (κ1) is 28.0. The van der Waals surface area contributed by atoms with Crippen LogP contribution in [-0.2, 0) is 19.0 Å². The average Bonchev–Trinajstić information content (AvgIpc) is 3.44. The lowest BCUT2D eigenvalue weighted by atomic mass is 9.42. The van der Waals surface area contributed by atoms with Gasteiger partial charge < -0.3 is 44.8 Å². The molecule has 2 heterocycles. The van der Waals surface area contributed by atoms with Gasteiger partial charge in [0.05, 0.1) is 23.9 Å². The summed E-state index contributed by atoms with van der Waals surface area (Å²) < 4.78 is 16.8. The first-order valence-corrected chi connectivity index (χ1v) is 14.6. The van der Waals surface area contributed by atoms with Crippen LogP contribution < -0.4 is 0 Å². The van der Waals surface area contributed by atoms with Gasteiger partial charge in [-0.3, -0.25) is 0 Å². The van der Waals surface area contributed by atoms with Crippen molar-refractivity contribution in [2.75, 3.05) is 13.2 Å². The van der Waals surface area contributed by atoms with Gasteiger partial charge in [-0.2, -0.15) is 0 Å². The van der Waals surface area contributed by atoms with Crippen LogP contribution in [0.4, 0.5) is 0 Å². The third-order valence-electron chi connectivity index (χ3n) is 12.3. The monoisotopic (exact) mass is 552 g/mol. The molecule has 6 N–H and O–H groups in total. The third kappa shape index (κ3) is 3.93. The molecule has 6 aliphatic rings. The lowest BCUT2D eigenvalue weighted by molar-refractivity contribution is -0.324. The van der Waals surface area contributed by atoms with Gasteiger partial charge in [-0.15, -0.1) is 0 Å². The van der Waals surface area contributed by atoms with E-state index in [2.05, 4.69) is 13.8 Å². The Morgan fingerprint density at radius 1 is 0.923 bits per heavy atom. The summed E-state index contributed by atoms with van der Waals surface area (Å²) in [5, 5.41) is 64.7. The molecule has 0 radical (unpaired) electrons.